The first-order chi connectivity index (χ1) is 15.9. The van der Waals surface area contributed by atoms with E-state index in [9.17, 15) is 19.2 Å². The van der Waals surface area contributed by atoms with E-state index in [1.807, 2.05) is 0 Å². The molecule has 0 N–H and O–H groups in total. The normalized spacial score (nSPS) is 24.9. The lowest BCUT2D eigenvalue weighted by atomic mass is 9.81. The van der Waals surface area contributed by atoms with E-state index in [2.05, 4.69) is 0 Å². The van der Waals surface area contributed by atoms with E-state index in [0.717, 1.165) is 25.7 Å². The van der Waals surface area contributed by atoms with Crippen LogP contribution in [0.5, 0.6) is 5.75 Å². The third-order valence-electron chi connectivity index (χ3n) is 6.73. The lowest BCUT2D eigenvalue weighted by Crippen LogP contribution is -2.31. The van der Waals surface area contributed by atoms with Gasteiger partial charge in [-0.3, -0.25) is 19.2 Å². The Kier molecular flexibility index (Phi) is 5.66. The summed E-state index contributed by atoms with van der Waals surface area (Å²) in [6.45, 7) is 0.214. The predicted molar refractivity (Wildman–Crippen MR) is 122 cm³/mol. The minimum Gasteiger partial charge on any atom is -0.426 e. The number of imide groups is 1. The number of fused-ring (bicyclic) bond motifs is 1. The molecule has 2 aromatic carbocycles. The number of benzene rings is 2. The van der Waals surface area contributed by atoms with Crippen molar-refractivity contribution in [3.63, 3.8) is 0 Å². The summed E-state index contributed by atoms with van der Waals surface area (Å²) in [4.78, 5) is 53.8. The van der Waals surface area contributed by atoms with Crippen molar-refractivity contribution in [3.8, 4) is 5.75 Å². The fraction of sp³-hybridized carbons (Fsp3) is 0.360. The van der Waals surface area contributed by atoms with Gasteiger partial charge in [-0.15, -0.1) is 0 Å². The van der Waals surface area contributed by atoms with Crippen molar-refractivity contribution >= 4 is 46.7 Å². The summed E-state index contributed by atoms with van der Waals surface area (Å²) in [7, 11) is 0. The van der Waals surface area contributed by atoms with Gasteiger partial charge < -0.3 is 9.64 Å². The Morgan fingerprint density at radius 2 is 1.58 bits per heavy atom. The molecule has 3 amide bonds. The van der Waals surface area contributed by atoms with Crippen LogP contribution >= 0.6 is 11.6 Å². The molecule has 3 fully saturated rings. The van der Waals surface area contributed by atoms with Gasteiger partial charge in [0.05, 0.1) is 23.4 Å². The lowest BCUT2D eigenvalue weighted by Gasteiger charge is -2.19. The number of nitrogens with zero attached hydrogens (tertiary/aromatic N) is 2. The summed E-state index contributed by atoms with van der Waals surface area (Å²) in [5.74, 6) is -1.91. The SMILES string of the molecule is O=C(Oc1cccc(N2C(=O)[C@@H]3CCCC[C@H]3C2=O)c1)[C@@H]1CC(=O)N(c2ccc(Cl)cc2)C1. The van der Waals surface area contributed by atoms with E-state index in [0.29, 0.717) is 16.4 Å². The Balaban J connectivity index is 1.29. The molecular formula is C25H23ClN2O5. The van der Waals surface area contributed by atoms with Gasteiger partial charge in [0.2, 0.25) is 17.7 Å². The van der Waals surface area contributed by atoms with E-state index >= 15 is 0 Å². The molecule has 0 bridgehead atoms. The number of anilines is 2. The van der Waals surface area contributed by atoms with Crippen LogP contribution in [0.3, 0.4) is 0 Å². The molecule has 2 aromatic rings. The van der Waals surface area contributed by atoms with Gasteiger partial charge in [0.15, 0.2) is 0 Å². The standard InChI is InChI=1S/C25H23ClN2O5/c26-16-8-10-17(11-9-16)27-14-15(12-22(27)29)25(32)33-19-5-3-4-18(13-19)28-23(30)20-6-1-2-7-21(20)24(28)31/h3-5,8-11,13,15,20-21H,1-2,6-7,12,14H2/t15-,20-,21-/m1/s1. The first-order valence-corrected chi connectivity index (χ1v) is 11.6. The highest BCUT2D eigenvalue weighted by Gasteiger charge is 2.48. The van der Waals surface area contributed by atoms with Gasteiger partial charge in [0.25, 0.3) is 0 Å². The Morgan fingerprint density at radius 3 is 2.24 bits per heavy atom. The molecule has 33 heavy (non-hydrogen) atoms. The number of hydrogen-bond donors (Lipinski definition) is 0. The van der Waals surface area contributed by atoms with E-state index in [-0.39, 0.29) is 48.3 Å². The number of carbonyl (C=O) groups is 4. The molecule has 3 atom stereocenters. The quantitative estimate of drug-likeness (QED) is 0.386. The summed E-state index contributed by atoms with van der Waals surface area (Å²) in [6, 6.07) is 13.3. The van der Waals surface area contributed by atoms with Crippen LogP contribution in [0.15, 0.2) is 48.5 Å². The number of carbonyl (C=O) groups excluding carboxylic acids is 4. The van der Waals surface area contributed by atoms with E-state index < -0.39 is 11.9 Å². The third kappa shape index (κ3) is 4.02. The number of amides is 3. The fourth-order valence-electron chi connectivity index (χ4n) is 5.04. The molecule has 1 saturated carbocycles. The molecule has 8 heteroatoms. The number of ether oxygens (including phenoxy) is 1. The maximum Gasteiger partial charge on any atom is 0.316 e. The summed E-state index contributed by atoms with van der Waals surface area (Å²) < 4.78 is 5.55. The molecule has 3 aliphatic rings. The van der Waals surface area contributed by atoms with Crippen LogP contribution in [0, 0.1) is 17.8 Å². The van der Waals surface area contributed by atoms with Crippen molar-refractivity contribution in [1.29, 1.82) is 0 Å². The number of rotatable bonds is 4. The lowest BCUT2D eigenvalue weighted by molar-refractivity contribution is -0.139. The average molecular weight is 467 g/mol. The second-order valence-electron chi connectivity index (χ2n) is 8.81. The second-order valence-corrected chi connectivity index (χ2v) is 9.25. The summed E-state index contributed by atoms with van der Waals surface area (Å²) in [5, 5.41) is 0.565. The van der Waals surface area contributed by atoms with Crippen molar-refractivity contribution in [1.82, 2.24) is 0 Å². The van der Waals surface area contributed by atoms with Crippen molar-refractivity contribution in [2.24, 2.45) is 17.8 Å². The minimum absolute atomic E-state index is 0.0492. The van der Waals surface area contributed by atoms with Crippen LogP contribution in [-0.4, -0.2) is 30.2 Å². The zero-order chi connectivity index (χ0) is 23.1. The third-order valence-corrected chi connectivity index (χ3v) is 6.98. The monoisotopic (exact) mass is 466 g/mol. The van der Waals surface area contributed by atoms with Crippen LogP contribution < -0.4 is 14.5 Å². The van der Waals surface area contributed by atoms with E-state index in [4.69, 9.17) is 16.3 Å². The molecule has 5 rings (SSSR count). The van der Waals surface area contributed by atoms with Gasteiger partial charge in [-0.05, 0) is 49.2 Å². The molecule has 2 aliphatic heterocycles. The van der Waals surface area contributed by atoms with Crippen LogP contribution in [-0.2, 0) is 19.2 Å². The highest BCUT2D eigenvalue weighted by Crippen LogP contribution is 2.40. The van der Waals surface area contributed by atoms with Gasteiger partial charge in [0.1, 0.15) is 5.75 Å². The first-order valence-electron chi connectivity index (χ1n) is 11.2. The van der Waals surface area contributed by atoms with Crippen molar-refractivity contribution in [2.45, 2.75) is 32.1 Å². The minimum atomic E-state index is -0.616. The summed E-state index contributed by atoms with van der Waals surface area (Å²) >= 11 is 5.91. The number of halogens is 1. The van der Waals surface area contributed by atoms with Crippen molar-refractivity contribution < 1.29 is 23.9 Å². The molecule has 0 aromatic heterocycles. The Hall–Kier alpha value is -3.19. The van der Waals surface area contributed by atoms with Gasteiger partial charge in [-0.25, -0.2) is 4.90 Å². The molecule has 0 radical (unpaired) electrons. The first kappa shape index (κ1) is 21.6. The van der Waals surface area contributed by atoms with E-state index in [1.54, 1.807) is 53.4 Å². The molecular weight excluding hydrogens is 444 g/mol. The Morgan fingerprint density at radius 1 is 0.909 bits per heavy atom. The zero-order valence-corrected chi connectivity index (χ0v) is 18.7. The molecule has 0 unspecified atom stereocenters. The fourth-order valence-corrected chi connectivity index (χ4v) is 5.16. The highest BCUT2D eigenvalue weighted by molar-refractivity contribution is 6.30. The molecule has 7 nitrogen and oxygen atoms in total. The topological polar surface area (TPSA) is 84.0 Å². The maximum absolute atomic E-state index is 12.9. The predicted octanol–water partition coefficient (Wildman–Crippen LogP) is 3.98. The van der Waals surface area contributed by atoms with Crippen molar-refractivity contribution in [3.05, 3.63) is 53.6 Å². The molecule has 1 aliphatic carbocycles. The van der Waals surface area contributed by atoms with Crippen LogP contribution in [0.1, 0.15) is 32.1 Å². The number of esters is 1. The molecule has 2 heterocycles. The van der Waals surface area contributed by atoms with Crippen LogP contribution in [0.25, 0.3) is 0 Å². The molecule has 170 valence electrons. The second kappa shape index (κ2) is 8.63. The summed E-state index contributed by atoms with van der Waals surface area (Å²) in [5.41, 5.74) is 1.09. The average Bonchev–Trinajstić information content (AvgIpc) is 3.32. The Labute approximate surface area is 196 Å². The number of hydrogen-bond acceptors (Lipinski definition) is 5. The Bertz CT molecular complexity index is 1110. The zero-order valence-electron chi connectivity index (χ0n) is 17.9. The molecule has 2 saturated heterocycles. The highest BCUT2D eigenvalue weighted by atomic mass is 35.5. The van der Waals surface area contributed by atoms with Gasteiger partial charge in [-0.1, -0.05) is 30.5 Å². The maximum atomic E-state index is 12.9. The van der Waals surface area contributed by atoms with Crippen LogP contribution in [0.4, 0.5) is 11.4 Å². The van der Waals surface area contributed by atoms with E-state index in [1.165, 1.54) is 4.90 Å². The molecule has 0 spiro atoms. The van der Waals surface area contributed by atoms with Crippen molar-refractivity contribution in [2.75, 3.05) is 16.3 Å². The largest absolute Gasteiger partial charge is 0.426 e. The summed E-state index contributed by atoms with van der Waals surface area (Å²) in [6.07, 6.45) is 3.44. The smallest absolute Gasteiger partial charge is 0.316 e. The van der Waals surface area contributed by atoms with Gasteiger partial charge >= 0.3 is 5.97 Å². The van der Waals surface area contributed by atoms with Gasteiger partial charge in [-0.2, -0.15) is 0 Å². The van der Waals surface area contributed by atoms with Gasteiger partial charge in [0, 0.05) is 29.7 Å². The van der Waals surface area contributed by atoms with Crippen LogP contribution in [0.2, 0.25) is 5.02 Å².